The molecule has 2 aromatic rings. The van der Waals surface area contributed by atoms with Crippen LogP contribution in [0, 0.1) is 0 Å². The first-order chi connectivity index (χ1) is 8.56. The molecule has 0 saturated carbocycles. The van der Waals surface area contributed by atoms with Gasteiger partial charge in [-0.1, -0.05) is 40.9 Å². The molecule has 0 aliphatic heterocycles. The Morgan fingerprint density at radius 1 is 1.11 bits per heavy atom. The number of carbonyl (C=O) groups excluding carboxylic acids is 1. The predicted molar refractivity (Wildman–Crippen MR) is 69.3 cm³/mol. The van der Waals surface area contributed by atoms with Crippen LogP contribution in [-0.2, 0) is 0 Å². The molecular weight excluding hydrogens is 298 g/mol. The number of hydrogen-bond donors (Lipinski definition) is 1. The van der Waals surface area contributed by atoms with E-state index in [0.717, 1.165) is 0 Å². The Morgan fingerprint density at radius 3 is 2.61 bits per heavy atom. The third-order valence-corrected chi connectivity index (χ3v) is 2.59. The van der Waals surface area contributed by atoms with E-state index in [0.29, 0.717) is 5.82 Å². The van der Waals surface area contributed by atoms with Crippen molar-refractivity contribution in [1.29, 1.82) is 0 Å². The number of nitrogens with zero attached hydrogens (tertiary/aromatic N) is 3. The molecule has 8 heteroatoms. The van der Waals surface area contributed by atoms with E-state index < -0.39 is 5.91 Å². The quantitative estimate of drug-likeness (QED) is 0.866. The average molecular weight is 304 g/mol. The molecule has 5 nitrogen and oxygen atoms in total. The van der Waals surface area contributed by atoms with E-state index in [1.807, 2.05) is 0 Å². The lowest BCUT2D eigenvalue weighted by Gasteiger charge is -2.05. The standard InChI is InChI=1S/C10H5Cl3N4O/c11-6-2-1-3-8(14-6)15-10(18)5-4-7(12)16-17-9(5)13/h1-4H,(H,14,15,18). The number of rotatable bonds is 2. The summed E-state index contributed by atoms with van der Waals surface area (Å²) in [6.45, 7) is 0. The smallest absolute Gasteiger partial charge is 0.260 e. The van der Waals surface area contributed by atoms with Crippen molar-refractivity contribution in [1.82, 2.24) is 15.2 Å². The highest BCUT2D eigenvalue weighted by atomic mass is 35.5. The lowest BCUT2D eigenvalue weighted by atomic mass is 10.3. The normalized spacial score (nSPS) is 10.2. The SMILES string of the molecule is O=C(Nc1cccc(Cl)n1)c1cc(Cl)nnc1Cl. The second kappa shape index (κ2) is 5.48. The first-order valence-electron chi connectivity index (χ1n) is 4.69. The van der Waals surface area contributed by atoms with Crippen molar-refractivity contribution in [2.24, 2.45) is 0 Å². The Bertz CT molecular complexity index is 605. The van der Waals surface area contributed by atoms with Crippen molar-refractivity contribution in [2.45, 2.75) is 0 Å². The fraction of sp³-hybridized carbons (Fsp3) is 0. The molecular formula is C10H5Cl3N4O. The Morgan fingerprint density at radius 2 is 1.89 bits per heavy atom. The van der Waals surface area contributed by atoms with Crippen LogP contribution in [0.2, 0.25) is 15.5 Å². The molecule has 0 spiro atoms. The molecule has 0 fully saturated rings. The van der Waals surface area contributed by atoms with E-state index in [1.165, 1.54) is 6.07 Å². The number of amides is 1. The summed E-state index contributed by atoms with van der Waals surface area (Å²) < 4.78 is 0. The molecule has 2 aromatic heterocycles. The van der Waals surface area contributed by atoms with Gasteiger partial charge >= 0.3 is 0 Å². The Labute approximate surface area is 117 Å². The summed E-state index contributed by atoms with van der Waals surface area (Å²) in [4.78, 5) is 15.8. The minimum Gasteiger partial charge on any atom is -0.306 e. The van der Waals surface area contributed by atoms with Crippen LogP contribution in [-0.4, -0.2) is 21.1 Å². The van der Waals surface area contributed by atoms with E-state index in [-0.39, 0.29) is 21.0 Å². The number of pyridine rings is 1. The van der Waals surface area contributed by atoms with Crippen LogP contribution in [0.3, 0.4) is 0 Å². The van der Waals surface area contributed by atoms with Gasteiger partial charge in [-0.15, -0.1) is 10.2 Å². The predicted octanol–water partition coefficient (Wildman–Crippen LogP) is 3.08. The van der Waals surface area contributed by atoms with Crippen molar-refractivity contribution in [3.63, 3.8) is 0 Å². The Kier molecular flexibility index (Phi) is 3.96. The maximum atomic E-state index is 11.9. The fourth-order valence-electron chi connectivity index (χ4n) is 1.17. The van der Waals surface area contributed by atoms with Crippen molar-refractivity contribution in [3.8, 4) is 0 Å². The molecule has 0 atom stereocenters. The minimum absolute atomic E-state index is 0.0427. The summed E-state index contributed by atoms with van der Waals surface area (Å²) in [7, 11) is 0. The molecule has 92 valence electrons. The van der Waals surface area contributed by atoms with Crippen LogP contribution < -0.4 is 5.32 Å². The van der Waals surface area contributed by atoms with Gasteiger partial charge in [0.2, 0.25) is 0 Å². The fourth-order valence-corrected chi connectivity index (χ4v) is 1.66. The van der Waals surface area contributed by atoms with Gasteiger partial charge in [0, 0.05) is 0 Å². The van der Waals surface area contributed by atoms with E-state index >= 15 is 0 Å². The van der Waals surface area contributed by atoms with E-state index in [9.17, 15) is 4.79 Å². The van der Waals surface area contributed by atoms with Gasteiger partial charge in [0.15, 0.2) is 10.3 Å². The van der Waals surface area contributed by atoms with Crippen LogP contribution in [0.1, 0.15) is 10.4 Å². The van der Waals surface area contributed by atoms with Crippen molar-refractivity contribution in [2.75, 3.05) is 5.32 Å². The third-order valence-electron chi connectivity index (χ3n) is 1.92. The van der Waals surface area contributed by atoms with Crippen LogP contribution >= 0.6 is 34.8 Å². The molecule has 18 heavy (non-hydrogen) atoms. The number of aromatic nitrogens is 3. The van der Waals surface area contributed by atoms with Crippen LogP contribution in [0.25, 0.3) is 0 Å². The van der Waals surface area contributed by atoms with Crippen molar-refractivity contribution < 1.29 is 4.79 Å². The molecule has 0 unspecified atom stereocenters. The summed E-state index contributed by atoms with van der Waals surface area (Å²) in [5.74, 6) is -0.192. The van der Waals surface area contributed by atoms with E-state index in [4.69, 9.17) is 34.8 Å². The van der Waals surface area contributed by atoms with Crippen LogP contribution in [0.15, 0.2) is 24.3 Å². The first-order valence-corrected chi connectivity index (χ1v) is 5.82. The van der Waals surface area contributed by atoms with Crippen LogP contribution in [0.4, 0.5) is 5.82 Å². The molecule has 0 aliphatic rings. The average Bonchev–Trinajstić information content (AvgIpc) is 2.32. The largest absolute Gasteiger partial charge is 0.306 e. The van der Waals surface area contributed by atoms with E-state index in [1.54, 1.807) is 18.2 Å². The molecule has 2 rings (SSSR count). The third kappa shape index (κ3) is 3.07. The minimum atomic E-state index is -0.494. The molecule has 0 aliphatic carbocycles. The lowest BCUT2D eigenvalue weighted by Crippen LogP contribution is -2.14. The molecule has 0 bridgehead atoms. The highest BCUT2D eigenvalue weighted by molar-refractivity contribution is 6.34. The molecule has 0 radical (unpaired) electrons. The maximum absolute atomic E-state index is 11.9. The molecule has 0 saturated heterocycles. The zero-order valence-electron chi connectivity index (χ0n) is 8.69. The van der Waals surface area contributed by atoms with Gasteiger partial charge in [0.25, 0.3) is 5.91 Å². The summed E-state index contributed by atoms with van der Waals surface area (Å²) in [5, 5.41) is 9.86. The number of anilines is 1. The van der Waals surface area contributed by atoms with Gasteiger partial charge in [-0.25, -0.2) is 4.98 Å². The summed E-state index contributed by atoms with van der Waals surface area (Å²) in [6, 6.07) is 6.16. The van der Waals surface area contributed by atoms with Gasteiger partial charge in [0.1, 0.15) is 11.0 Å². The van der Waals surface area contributed by atoms with Gasteiger partial charge in [-0.3, -0.25) is 4.79 Å². The zero-order chi connectivity index (χ0) is 13.1. The monoisotopic (exact) mass is 302 g/mol. The van der Waals surface area contributed by atoms with Crippen molar-refractivity contribution in [3.05, 3.63) is 45.3 Å². The van der Waals surface area contributed by atoms with Gasteiger partial charge < -0.3 is 5.32 Å². The highest BCUT2D eigenvalue weighted by Crippen LogP contribution is 2.17. The highest BCUT2D eigenvalue weighted by Gasteiger charge is 2.13. The zero-order valence-corrected chi connectivity index (χ0v) is 11.0. The second-order valence-electron chi connectivity index (χ2n) is 3.17. The topological polar surface area (TPSA) is 67.8 Å². The second-order valence-corrected chi connectivity index (χ2v) is 4.30. The lowest BCUT2D eigenvalue weighted by molar-refractivity contribution is 0.102. The Hall–Kier alpha value is -1.43. The summed E-state index contributed by atoms with van der Waals surface area (Å²) in [5.41, 5.74) is 0.110. The number of nitrogens with one attached hydrogen (secondary N) is 1. The molecule has 1 amide bonds. The van der Waals surface area contributed by atoms with Gasteiger partial charge in [-0.05, 0) is 18.2 Å². The van der Waals surface area contributed by atoms with Crippen LogP contribution in [0.5, 0.6) is 0 Å². The maximum Gasteiger partial charge on any atom is 0.260 e. The van der Waals surface area contributed by atoms with Gasteiger partial charge in [0.05, 0.1) is 5.56 Å². The van der Waals surface area contributed by atoms with E-state index in [2.05, 4.69) is 20.5 Å². The molecule has 2 heterocycles. The number of carbonyl (C=O) groups is 1. The first kappa shape index (κ1) is 13.0. The summed E-state index contributed by atoms with van der Waals surface area (Å²) in [6.07, 6.45) is 0. The number of hydrogen-bond acceptors (Lipinski definition) is 4. The summed E-state index contributed by atoms with van der Waals surface area (Å²) >= 11 is 17.1. The van der Waals surface area contributed by atoms with Gasteiger partial charge in [-0.2, -0.15) is 0 Å². The molecule has 1 N–H and O–H groups in total. The number of halogens is 3. The molecule has 0 aromatic carbocycles. The Balaban J connectivity index is 2.24. The van der Waals surface area contributed by atoms with Crippen molar-refractivity contribution >= 4 is 46.5 Å².